The summed E-state index contributed by atoms with van der Waals surface area (Å²) in [5, 5.41) is 0. The van der Waals surface area contributed by atoms with E-state index in [1.165, 1.54) is 5.57 Å². The fourth-order valence-electron chi connectivity index (χ4n) is 2.25. The van der Waals surface area contributed by atoms with Crippen molar-refractivity contribution in [2.75, 3.05) is 7.11 Å². The summed E-state index contributed by atoms with van der Waals surface area (Å²) >= 11 is 0. The first-order valence-electron chi connectivity index (χ1n) is 9.30. The van der Waals surface area contributed by atoms with Crippen molar-refractivity contribution in [1.82, 2.24) is 0 Å². The SMILES string of the molecule is C=C/C(=C\C(=C/C)C(C)(C)C)OC.OP(Oc1ccccc1)Oc1ccccc1. The highest BCUT2D eigenvalue weighted by Gasteiger charge is 2.14. The first-order valence-corrected chi connectivity index (χ1v) is 10.4. The molecule has 5 heteroatoms. The van der Waals surface area contributed by atoms with Crippen LogP contribution in [-0.4, -0.2) is 12.0 Å². The van der Waals surface area contributed by atoms with Gasteiger partial charge in [0, 0.05) is 0 Å². The maximum Gasteiger partial charge on any atom is 0.460 e. The lowest BCUT2D eigenvalue weighted by Gasteiger charge is -2.20. The summed E-state index contributed by atoms with van der Waals surface area (Å²) in [6, 6.07) is 18.2. The summed E-state index contributed by atoms with van der Waals surface area (Å²) in [6.07, 6.45) is 5.84. The van der Waals surface area contributed by atoms with Crippen LogP contribution in [0.1, 0.15) is 27.7 Å². The highest BCUT2D eigenvalue weighted by atomic mass is 31.2. The van der Waals surface area contributed by atoms with E-state index in [2.05, 4.69) is 33.4 Å². The molecule has 156 valence electrons. The van der Waals surface area contributed by atoms with Gasteiger partial charge in [-0.15, -0.1) is 0 Å². The topological polar surface area (TPSA) is 47.9 Å². The molecule has 1 N–H and O–H groups in total. The first kappa shape index (κ1) is 24.5. The van der Waals surface area contributed by atoms with Crippen molar-refractivity contribution in [3.8, 4) is 11.5 Å². The number of methoxy groups -OCH3 is 1. The van der Waals surface area contributed by atoms with E-state index in [0.717, 1.165) is 5.76 Å². The summed E-state index contributed by atoms with van der Waals surface area (Å²) in [5.74, 6) is 1.99. The molecule has 0 fully saturated rings. The molecule has 0 aliphatic rings. The molecular formula is C24H31O4P. The lowest BCUT2D eigenvalue weighted by molar-refractivity contribution is 0.305. The van der Waals surface area contributed by atoms with Crippen LogP contribution in [0, 0.1) is 5.41 Å². The van der Waals surface area contributed by atoms with Gasteiger partial charge in [0.25, 0.3) is 0 Å². The number of hydrogen-bond donors (Lipinski definition) is 1. The molecule has 0 heterocycles. The molecule has 0 saturated heterocycles. The summed E-state index contributed by atoms with van der Waals surface area (Å²) in [6.45, 7) is 12.2. The molecule has 2 aromatic rings. The Labute approximate surface area is 176 Å². The third kappa shape index (κ3) is 9.98. The molecule has 0 aliphatic heterocycles. The minimum absolute atomic E-state index is 0.154. The van der Waals surface area contributed by atoms with Gasteiger partial charge in [-0.2, -0.15) is 0 Å². The van der Waals surface area contributed by atoms with Gasteiger partial charge in [0.2, 0.25) is 0 Å². The zero-order valence-electron chi connectivity index (χ0n) is 17.8. The molecule has 0 radical (unpaired) electrons. The maximum atomic E-state index is 9.58. The number of para-hydroxylation sites is 2. The molecule has 29 heavy (non-hydrogen) atoms. The van der Waals surface area contributed by atoms with Crippen LogP contribution in [0.5, 0.6) is 11.5 Å². The van der Waals surface area contributed by atoms with Gasteiger partial charge < -0.3 is 18.7 Å². The zero-order valence-corrected chi connectivity index (χ0v) is 18.7. The van der Waals surface area contributed by atoms with E-state index in [0.29, 0.717) is 11.5 Å². The molecule has 0 bridgehead atoms. The van der Waals surface area contributed by atoms with Crippen LogP contribution in [0.4, 0.5) is 0 Å². The normalized spacial score (nSPS) is 12.0. The molecule has 0 atom stereocenters. The van der Waals surface area contributed by atoms with Crippen LogP contribution in [0.2, 0.25) is 0 Å². The predicted molar refractivity (Wildman–Crippen MR) is 122 cm³/mol. The molecule has 0 amide bonds. The summed E-state index contributed by atoms with van der Waals surface area (Å²) in [5.41, 5.74) is 1.41. The van der Waals surface area contributed by atoms with Crippen molar-refractivity contribution in [2.24, 2.45) is 5.41 Å². The van der Waals surface area contributed by atoms with Crippen LogP contribution < -0.4 is 9.05 Å². The Balaban J connectivity index is 0.000000298. The van der Waals surface area contributed by atoms with Crippen LogP contribution in [-0.2, 0) is 4.74 Å². The second kappa shape index (κ2) is 12.8. The van der Waals surface area contributed by atoms with E-state index in [4.69, 9.17) is 13.8 Å². The van der Waals surface area contributed by atoms with E-state index in [1.807, 2.05) is 49.4 Å². The minimum atomic E-state index is -1.93. The van der Waals surface area contributed by atoms with E-state index < -0.39 is 8.60 Å². The molecule has 0 aliphatic carbocycles. The molecular weight excluding hydrogens is 383 g/mol. The number of allylic oxidation sites excluding steroid dienone is 4. The maximum absolute atomic E-state index is 9.58. The van der Waals surface area contributed by atoms with Gasteiger partial charge >= 0.3 is 8.60 Å². The Kier molecular flexibility index (Phi) is 10.8. The largest absolute Gasteiger partial charge is 0.497 e. The Morgan fingerprint density at radius 2 is 1.38 bits per heavy atom. The van der Waals surface area contributed by atoms with Gasteiger partial charge in [0.15, 0.2) is 0 Å². The van der Waals surface area contributed by atoms with Gasteiger partial charge in [0.1, 0.15) is 17.3 Å². The quantitative estimate of drug-likeness (QED) is 0.299. The molecule has 0 spiro atoms. The Bertz CT molecular complexity index is 736. The van der Waals surface area contributed by atoms with Crippen molar-refractivity contribution < 1.29 is 18.7 Å². The zero-order chi connectivity index (χ0) is 21.7. The van der Waals surface area contributed by atoms with Gasteiger partial charge in [-0.05, 0) is 54.3 Å². The molecule has 0 unspecified atom stereocenters. The monoisotopic (exact) mass is 414 g/mol. The highest BCUT2D eigenvalue weighted by molar-refractivity contribution is 7.41. The van der Waals surface area contributed by atoms with Gasteiger partial charge in [-0.25, -0.2) is 0 Å². The fraction of sp³-hybridized carbons (Fsp3) is 0.250. The van der Waals surface area contributed by atoms with Crippen molar-refractivity contribution in [3.05, 3.63) is 96.8 Å². The lowest BCUT2D eigenvalue weighted by Crippen LogP contribution is -2.07. The van der Waals surface area contributed by atoms with E-state index in [-0.39, 0.29) is 5.41 Å². The summed E-state index contributed by atoms with van der Waals surface area (Å²) in [4.78, 5) is 9.58. The number of hydrogen-bond acceptors (Lipinski definition) is 4. The van der Waals surface area contributed by atoms with Gasteiger partial charge in [-0.1, -0.05) is 69.8 Å². The Hall–Kier alpha value is -2.55. The predicted octanol–water partition coefficient (Wildman–Crippen LogP) is 7.06. The minimum Gasteiger partial charge on any atom is -0.497 e. The molecule has 0 saturated carbocycles. The van der Waals surface area contributed by atoms with Crippen molar-refractivity contribution >= 4 is 8.60 Å². The van der Waals surface area contributed by atoms with Gasteiger partial charge in [0.05, 0.1) is 7.11 Å². The van der Waals surface area contributed by atoms with Crippen molar-refractivity contribution in [1.29, 1.82) is 0 Å². The van der Waals surface area contributed by atoms with Crippen LogP contribution >= 0.6 is 8.60 Å². The van der Waals surface area contributed by atoms with Crippen LogP contribution in [0.25, 0.3) is 0 Å². The van der Waals surface area contributed by atoms with E-state index in [9.17, 15) is 4.89 Å². The average molecular weight is 414 g/mol. The third-order valence-electron chi connectivity index (χ3n) is 3.77. The smallest absolute Gasteiger partial charge is 0.460 e. The fourth-order valence-corrected chi connectivity index (χ4v) is 2.89. The summed E-state index contributed by atoms with van der Waals surface area (Å²) in [7, 11) is -0.277. The van der Waals surface area contributed by atoms with E-state index >= 15 is 0 Å². The molecule has 2 rings (SSSR count). The Morgan fingerprint density at radius 3 is 1.69 bits per heavy atom. The van der Waals surface area contributed by atoms with Crippen molar-refractivity contribution in [2.45, 2.75) is 27.7 Å². The van der Waals surface area contributed by atoms with E-state index in [1.54, 1.807) is 37.5 Å². The molecule has 4 nitrogen and oxygen atoms in total. The summed E-state index contributed by atoms with van der Waals surface area (Å²) < 4.78 is 15.6. The number of ether oxygens (including phenoxy) is 1. The Morgan fingerprint density at radius 1 is 0.931 bits per heavy atom. The average Bonchev–Trinajstić information content (AvgIpc) is 2.70. The first-order chi connectivity index (χ1) is 13.8. The van der Waals surface area contributed by atoms with Crippen molar-refractivity contribution in [3.63, 3.8) is 0 Å². The molecule has 0 aromatic heterocycles. The van der Waals surface area contributed by atoms with Gasteiger partial charge in [-0.3, -0.25) is 0 Å². The number of benzene rings is 2. The number of rotatable bonds is 7. The van der Waals surface area contributed by atoms with Crippen LogP contribution in [0.3, 0.4) is 0 Å². The second-order valence-corrected chi connectivity index (χ2v) is 7.84. The van der Waals surface area contributed by atoms with Crippen LogP contribution in [0.15, 0.2) is 96.8 Å². The second-order valence-electron chi connectivity index (χ2n) is 7.00. The lowest BCUT2D eigenvalue weighted by atomic mass is 9.86. The third-order valence-corrected chi connectivity index (χ3v) is 4.50. The highest BCUT2D eigenvalue weighted by Crippen LogP contribution is 2.35. The standard InChI is InChI=1S/C12H11O3P.C12H20O/c13-16(14-11-7-3-1-4-8-11)15-12-9-5-2-6-10-12;1-7-10(12(3,4)5)9-11(8-2)13-6/h1-10,13H;7-9H,2H2,1,3-6H3/b;10-7+,11-9+. The molecule has 2 aromatic carbocycles.